The Morgan fingerprint density at radius 2 is 2.17 bits per heavy atom. The van der Waals surface area contributed by atoms with Crippen molar-refractivity contribution in [3.8, 4) is 0 Å². The van der Waals surface area contributed by atoms with Crippen molar-refractivity contribution in [2.24, 2.45) is 5.73 Å². The van der Waals surface area contributed by atoms with Crippen LogP contribution < -0.4 is 11.1 Å². The maximum absolute atomic E-state index is 11.3. The van der Waals surface area contributed by atoms with Crippen molar-refractivity contribution in [3.63, 3.8) is 0 Å². The summed E-state index contributed by atoms with van der Waals surface area (Å²) in [5.41, 5.74) is 8.93. The quantitative estimate of drug-likeness (QED) is 0.746. The Labute approximate surface area is 107 Å². The molecule has 0 aliphatic heterocycles. The molecule has 2 rings (SSSR count). The molecule has 4 N–H and O–H groups in total. The lowest BCUT2D eigenvalue weighted by atomic mass is 10.1. The van der Waals surface area contributed by atoms with Gasteiger partial charge in [-0.2, -0.15) is 0 Å². The number of hydrogen-bond acceptors (Lipinski definition) is 2. The lowest BCUT2D eigenvalue weighted by Gasteiger charge is -2.04. The molecule has 96 valence electrons. The molecule has 2 aromatic rings. The minimum atomic E-state index is 0.0231. The van der Waals surface area contributed by atoms with Gasteiger partial charge in [0.15, 0.2) is 0 Å². The number of hydrogen-bond donors (Lipinski definition) is 3. The summed E-state index contributed by atoms with van der Waals surface area (Å²) in [6.07, 6.45) is 1.24. The highest BCUT2D eigenvalue weighted by atomic mass is 16.1. The average Bonchev–Trinajstić information content (AvgIpc) is 2.66. The normalized spacial score (nSPS) is 10.8. The van der Waals surface area contributed by atoms with Crippen molar-refractivity contribution in [2.45, 2.75) is 19.8 Å². The molecular weight excluding hydrogens is 226 g/mol. The second-order valence-electron chi connectivity index (χ2n) is 4.41. The number of aromatic nitrogens is 1. The third kappa shape index (κ3) is 2.71. The third-order valence-electron chi connectivity index (χ3n) is 3.10. The Hall–Kier alpha value is -1.81. The van der Waals surface area contributed by atoms with Crippen molar-refractivity contribution in [2.75, 3.05) is 13.1 Å². The van der Waals surface area contributed by atoms with Gasteiger partial charge in [-0.05, 0) is 25.0 Å². The van der Waals surface area contributed by atoms with E-state index in [1.54, 1.807) is 0 Å². The Balaban J connectivity index is 2.03. The van der Waals surface area contributed by atoms with E-state index in [-0.39, 0.29) is 5.91 Å². The number of carbonyl (C=O) groups excluding carboxylic acids is 1. The SMILES string of the molecule is Cc1[nH]c2ccccc2c1CCNC(=O)CCN. The van der Waals surface area contributed by atoms with Gasteiger partial charge in [-0.1, -0.05) is 18.2 Å². The Morgan fingerprint density at radius 1 is 1.39 bits per heavy atom. The van der Waals surface area contributed by atoms with Crippen LogP contribution in [0.15, 0.2) is 24.3 Å². The van der Waals surface area contributed by atoms with Crippen LogP contribution in [-0.2, 0) is 11.2 Å². The number of aryl methyl sites for hydroxylation is 1. The number of amides is 1. The van der Waals surface area contributed by atoms with E-state index in [0.29, 0.717) is 19.5 Å². The Kier molecular flexibility index (Phi) is 3.99. The van der Waals surface area contributed by atoms with E-state index in [9.17, 15) is 4.79 Å². The van der Waals surface area contributed by atoms with Gasteiger partial charge >= 0.3 is 0 Å². The van der Waals surface area contributed by atoms with Crippen LogP contribution in [0.4, 0.5) is 0 Å². The molecule has 0 fully saturated rings. The smallest absolute Gasteiger partial charge is 0.221 e. The summed E-state index contributed by atoms with van der Waals surface area (Å²) in [5.74, 6) is 0.0231. The van der Waals surface area contributed by atoms with Gasteiger partial charge in [0.2, 0.25) is 5.91 Å². The summed E-state index contributed by atoms with van der Waals surface area (Å²) >= 11 is 0. The monoisotopic (exact) mass is 245 g/mol. The lowest BCUT2D eigenvalue weighted by Crippen LogP contribution is -2.27. The lowest BCUT2D eigenvalue weighted by molar-refractivity contribution is -0.120. The van der Waals surface area contributed by atoms with Crippen molar-refractivity contribution in [1.82, 2.24) is 10.3 Å². The Bertz CT molecular complexity index is 545. The van der Waals surface area contributed by atoms with E-state index in [0.717, 1.165) is 11.9 Å². The molecular formula is C14H19N3O. The summed E-state index contributed by atoms with van der Waals surface area (Å²) in [7, 11) is 0. The first-order valence-electron chi connectivity index (χ1n) is 6.25. The number of rotatable bonds is 5. The summed E-state index contributed by atoms with van der Waals surface area (Å²) in [6, 6.07) is 8.23. The minimum Gasteiger partial charge on any atom is -0.358 e. The fourth-order valence-electron chi connectivity index (χ4n) is 2.20. The molecule has 0 radical (unpaired) electrons. The largest absolute Gasteiger partial charge is 0.358 e. The second kappa shape index (κ2) is 5.69. The van der Waals surface area contributed by atoms with Gasteiger partial charge in [-0.3, -0.25) is 4.79 Å². The average molecular weight is 245 g/mol. The predicted molar refractivity (Wildman–Crippen MR) is 73.4 cm³/mol. The van der Waals surface area contributed by atoms with Gasteiger partial charge in [-0.25, -0.2) is 0 Å². The molecule has 0 aliphatic rings. The third-order valence-corrected chi connectivity index (χ3v) is 3.10. The first-order chi connectivity index (χ1) is 8.72. The number of nitrogens with one attached hydrogen (secondary N) is 2. The predicted octanol–water partition coefficient (Wildman–Crippen LogP) is 1.48. The molecule has 0 bridgehead atoms. The molecule has 4 nitrogen and oxygen atoms in total. The van der Waals surface area contributed by atoms with Crippen LogP contribution >= 0.6 is 0 Å². The zero-order chi connectivity index (χ0) is 13.0. The van der Waals surface area contributed by atoms with Gasteiger partial charge in [0.25, 0.3) is 0 Å². The molecule has 0 saturated carbocycles. The number of nitrogens with two attached hydrogens (primary N) is 1. The molecule has 4 heteroatoms. The highest BCUT2D eigenvalue weighted by Crippen LogP contribution is 2.21. The van der Waals surface area contributed by atoms with Gasteiger partial charge < -0.3 is 16.0 Å². The van der Waals surface area contributed by atoms with Crippen LogP contribution in [0.3, 0.4) is 0 Å². The summed E-state index contributed by atoms with van der Waals surface area (Å²) in [6.45, 7) is 3.12. The van der Waals surface area contributed by atoms with Gasteiger partial charge in [-0.15, -0.1) is 0 Å². The van der Waals surface area contributed by atoms with Crippen LogP contribution in [0, 0.1) is 6.92 Å². The maximum atomic E-state index is 11.3. The number of carbonyl (C=O) groups is 1. The number of H-pyrrole nitrogens is 1. The van der Waals surface area contributed by atoms with Crippen LogP contribution in [0.2, 0.25) is 0 Å². The van der Waals surface area contributed by atoms with Gasteiger partial charge in [0, 0.05) is 36.1 Å². The fraction of sp³-hybridized carbons (Fsp3) is 0.357. The van der Waals surface area contributed by atoms with Crippen LogP contribution in [0.5, 0.6) is 0 Å². The molecule has 18 heavy (non-hydrogen) atoms. The summed E-state index contributed by atoms with van der Waals surface area (Å²) in [4.78, 5) is 14.7. The van der Waals surface area contributed by atoms with E-state index in [1.807, 2.05) is 12.1 Å². The standard InChI is InChI=1S/C14H19N3O/c1-10-11(7-9-16-14(18)6-8-15)12-4-2-3-5-13(12)17-10/h2-5,17H,6-9,15H2,1H3,(H,16,18). The van der Waals surface area contributed by atoms with Crippen molar-refractivity contribution < 1.29 is 4.79 Å². The minimum absolute atomic E-state index is 0.0231. The topological polar surface area (TPSA) is 70.9 Å². The number of fused-ring (bicyclic) bond motifs is 1. The molecule has 1 amide bonds. The molecule has 0 atom stereocenters. The van der Waals surface area contributed by atoms with Crippen LogP contribution in [0.25, 0.3) is 10.9 Å². The zero-order valence-electron chi connectivity index (χ0n) is 10.6. The van der Waals surface area contributed by atoms with E-state index < -0.39 is 0 Å². The summed E-state index contributed by atoms with van der Waals surface area (Å²) < 4.78 is 0. The highest BCUT2D eigenvalue weighted by Gasteiger charge is 2.07. The number of aromatic amines is 1. The van der Waals surface area contributed by atoms with E-state index >= 15 is 0 Å². The highest BCUT2D eigenvalue weighted by molar-refractivity contribution is 5.84. The van der Waals surface area contributed by atoms with Crippen molar-refractivity contribution >= 4 is 16.8 Å². The van der Waals surface area contributed by atoms with E-state index in [1.165, 1.54) is 16.6 Å². The van der Waals surface area contributed by atoms with E-state index in [4.69, 9.17) is 5.73 Å². The molecule has 0 saturated heterocycles. The van der Waals surface area contributed by atoms with Gasteiger partial charge in [0.1, 0.15) is 0 Å². The molecule has 0 spiro atoms. The molecule has 0 unspecified atom stereocenters. The molecule has 1 heterocycles. The first kappa shape index (κ1) is 12.6. The zero-order valence-corrected chi connectivity index (χ0v) is 10.6. The van der Waals surface area contributed by atoms with Crippen molar-refractivity contribution in [1.29, 1.82) is 0 Å². The van der Waals surface area contributed by atoms with E-state index in [2.05, 4.69) is 29.4 Å². The Morgan fingerprint density at radius 3 is 2.94 bits per heavy atom. The van der Waals surface area contributed by atoms with Crippen molar-refractivity contribution in [3.05, 3.63) is 35.5 Å². The second-order valence-corrected chi connectivity index (χ2v) is 4.41. The van der Waals surface area contributed by atoms with Crippen LogP contribution in [-0.4, -0.2) is 24.0 Å². The molecule has 1 aromatic heterocycles. The molecule has 1 aromatic carbocycles. The fourth-order valence-corrected chi connectivity index (χ4v) is 2.20. The number of benzene rings is 1. The number of para-hydroxylation sites is 1. The summed E-state index contributed by atoms with van der Waals surface area (Å²) in [5, 5.41) is 4.12. The first-order valence-corrected chi connectivity index (χ1v) is 6.25. The maximum Gasteiger partial charge on any atom is 0.221 e. The van der Waals surface area contributed by atoms with Gasteiger partial charge in [0.05, 0.1) is 0 Å². The van der Waals surface area contributed by atoms with Crippen LogP contribution in [0.1, 0.15) is 17.7 Å². The molecule has 0 aliphatic carbocycles.